The third kappa shape index (κ3) is 4.10. The summed E-state index contributed by atoms with van der Waals surface area (Å²) < 4.78 is 34.7. The van der Waals surface area contributed by atoms with Gasteiger partial charge in [0, 0.05) is 30.7 Å². The number of aliphatic hydroxyl groups excluding tert-OH is 1. The number of pyridine rings is 1. The number of benzene rings is 1. The molecule has 0 bridgehead atoms. The highest BCUT2D eigenvalue weighted by Gasteiger charge is 2.32. The maximum absolute atomic E-state index is 13.7. The van der Waals surface area contributed by atoms with Gasteiger partial charge < -0.3 is 19.2 Å². The van der Waals surface area contributed by atoms with Crippen molar-refractivity contribution >= 4 is 31.9 Å². The summed E-state index contributed by atoms with van der Waals surface area (Å²) in [6.45, 7) is 5.58. The Kier molecular flexibility index (Phi) is 5.81. The third-order valence-electron chi connectivity index (χ3n) is 6.87. The van der Waals surface area contributed by atoms with Gasteiger partial charge in [-0.05, 0) is 44.9 Å². The molecular formula is C25H27N7O4S. The Labute approximate surface area is 213 Å². The maximum Gasteiger partial charge on any atom is 0.240 e. The second-order valence-corrected chi connectivity index (χ2v) is 11.3. The number of fused-ring (bicyclic) bond motifs is 3. The summed E-state index contributed by atoms with van der Waals surface area (Å²) in [5, 5.41) is 15.2. The fourth-order valence-electron chi connectivity index (χ4n) is 5.15. The molecule has 0 spiro atoms. The fraction of sp³-hybridized carbons (Fsp3) is 0.360. The topological polar surface area (TPSA) is 143 Å². The van der Waals surface area contributed by atoms with Crippen LogP contribution in [0.5, 0.6) is 0 Å². The predicted octanol–water partition coefficient (Wildman–Crippen LogP) is 3.33. The van der Waals surface area contributed by atoms with Crippen molar-refractivity contribution in [3.05, 3.63) is 60.1 Å². The van der Waals surface area contributed by atoms with Crippen LogP contribution in [-0.4, -0.2) is 61.2 Å². The minimum Gasteiger partial charge on any atom is -0.385 e. The quantitative estimate of drug-likeness (QED) is 0.344. The number of hydrogen-bond acceptors (Lipinski definition) is 9. The summed E-state index contributed by atoms with van der Waals surface area (Å²) in [4.78, 5) is 19.0. The van der Waals surface area contributed by atoms with E-state index in [2.05, 4.69) is 25.0 Å². The van der Waals surface area contributed by atoms with Crippen molar-refractivity contribution < 1.29 is 18.0 Å². The molecule has 4 aromatic heterocycles. The summed E-state index contributed by atoms with van der Waals surface area (Å²) in [6.07, 6.45) is 2.42. The zero-order chi connectivity index (χ0) is 25.7. The molecule has 192 valence electrons. The molecule has 11 nitrogen and oxygen atoms in total. The van der Waals surface area contributed by atoms with Gasteiger partial charge in [-0.15, -0.1) is 0 Å². The molecule has 1 saturated heterocycles. The van der Waals surface area contributed by atoms with Crippen molar-refractivity contribution in [2.75, 3.05) is 13.1 Å². The zero-order valence-corrected chi connectivity index (χ0v) is 21.3. The van der Waals surface area contributed by atoms with Crippen LogP contribution in [0.25, 0.3) is 22.1 Å². The first kappa shape index (κ1) is 23.8. The van der Waals surface area contributed by atoms with Gasteiger partial charge in [0.2, 0.25) is 15.7 Å². The monoisotopic (exact) mass is 521 g/mol. The molecule has 12 heteroatoms. The van der Waals surface area contributed by atoms with Crippen LogP contribution in [-0.2, 0) is 16.4 Å². The van der Waals surface area contributed by atoms with Gasteiger partial charge in [-0.2, -0.15) is 4.98 Å². The van der Waals surface area contributed by atoms with Crippen LogP contribution in [0.15, 0.2) is 57.0 Å². The Morgan fingerprint density at radius 2 is 1.89 bits per heavy atom. The molecule has 0 radical (unpaired) electrons. The third-order valence-corrected chi connectivity index (χ3v) is 8.55. The molecule has 1 aliphatic rings. The molecule has 5 aromatic rings. The van der Waals surface area contributed by atoms with Crippen molar-refractivity contribution in [1.82, 2.24) is 34.6 Å². The summed E-state index contributed by atoms with van der Waals surface area (Å²) in [5.74, 6) is 1.63. The summed E-state index contributed by atoms with van der Waals surface area (Å²) in [7, 11) is -3.96. The van der Waals surface area contributed by atoms with Crippen molar-refractivity contribution in [3.8, 4) is 0 Å². The van der Waals surface area contributed by atoms with E-state index in [1.54, 1.807) is 50.4 Å². The van der Waals surface area contributed by atoms with Crippen molar-refractivity contribution in [2.45, 2.75) is 55.3 Å². The van der Waals surface area contributed by atoms with E-state index in [4.69, 9.17) is 9.51 Å². The van der Waals surface area contributed by atoms with Crippen molar-refractivity contribution in [3.63, 3.8) is 0 Å². The zero-order valence-electron chi connectivity index (χ0n) is 20.5. The van der Waals surface area contributed by atoms with E-state index < -0.39 is 15.9 Å². The molecule has 0 aliphatic carbocycles. The SMILES string of the molecule is Cc1noc(CN2CCC(n3c([C@@H](C)O)nc4c(S(=O)(=O)c5ccccc5)nc5[nH]ccc5c43)CC2)n1. The van der Waals surface area contributed by atoms with Crippen LogP contribution in [0.4, 0.5) is 0 Å². The molecule has 2 N–H and O–H groups in total. The molecule has 0 unspecified atom stereocenters. The molecule has 6 rings (SSSR count). The highest BCUT2D eigenvalue weighted by atomic mass is 32.2. The largest absolute Gasteiger partial charge is 0.385 e. The number of aliphatic hydroxyl groups is 1. The number of likely N-dealkylation sites (tertiary alicyclic amines) is 1. The number of sulfone groups is 1. The van der Waals surface area contributed by atoms with E-state index >= 15 is 0 Å². The minimum absolute atomic E-state index is 0.0167. The van der Waals surface area contributed by atoms with E-state index in [-0.39, 0.29) is 21.5 Å². The van der Waals surface area contributed by atoms with Crippen LogP contribution >= 0.6 is 0 Å². The van der Waals surface area contributed by atoms with Gasteiger partial charge in [0.25, 0.3) is 0 Å². The summed E-state index contributed by atoms with van der Waals surface area (Å²) >= 11 is 0. The van der Waals surface area contributed by atoms with Crippen LogP contribution in [0.1, 0.15) is 49.5 Å². The standard InChI is InChI=1S/C25H27N7O4S/c1-15(33)24-28-21-22(32(24)17-9-12-31(13-10-17)14-20-27-16(2)30-36-20)19-8-11-26-23(19)29-25(21)37(34,35)18-6-4-3-5-7-18/h3-8,11,15,17,33H,9-10,12-14H2,1-2H3,(H,26,29)/t15-/m1/s1. The van der Waals surface area contributed by atoms with Gasteiger partial charge in [-0.3, -0.25) is 4.90 Å². The lowest BCUT2D eigenvalue weighted by atomic mass is 10.0. The van der Waals surface area contributed by atoms with Crippen LogP contribution in [0.2, 0.25) is 0 Å². The lowest BCUT2D eigenvalue weighted by molar-refractivity contribution is 0.148. The number of nitrogens with zero attached hydrogens (tertiary/aromatic N) is 6. The average Bonchev–Trinajstić information content (AvgIpc) is 3.62. The Morgan fingerprint density at radius 3 is 2.57 bits per heavy atom. The van der Waals surface area contributed by atoms with Gasteiger partial charge in [0.1, 0.15) is 23.1 Å². The number of piperidine rings is 1. The second-order valence-electron chi connectivity index (χ2n) is 9.43. The first-order chi connectivity index (χ1) is 17.8. The van der Waals surface area contributed by atoms with Gasteiger partial charge in [-0.1, -0.05) is 23.4 Å². The smallest absolute Gasteiger partial charge is 0.240 e. The lowest BCUT2D eigenvalue weighted by Crippen LogP contribution is -2.34. The predicted molar refractivity (Wildman–Crippen MR) is 134 cm³/mol. The van der Waals surface area contributed by atoms with Crippen molar-refractivity contribution in [1.29, 1.82) is 0 Å². The van der Waals surface area contributed by atoms with Gasteiger partial charge >= 0.3 is 0 Å². The van der Waals surface area contributed by atoms with Gasteiger partial charge in [-0.25, -0.2) is 18.4 Å². The van der Waals surface area contributed by atoms with Crippen LogP contribution in [0, 0.1) is 6.92 Å². The molecule has 37 heavy (non-hydrogen) atoms. The lowest BCUT2D eigenvalue weighted by Gasteiger charge is -2.33. The Hall–Kier alpha value is -3.61. The number of hydrogen-bond donors (Lipinski definition) is 2. The normalized spacial score (nSPS) is 16.6. The molecule has 1 aliphatic heterocycles. The van der Waals surface area contributed by atoms with Gasteiger partial charge in [0.15, 0.2) is 10.9 Å². The Bertz CT molecular complexity index is 1680. The van der Waals surface area contributed by atoms with E-state index in [9.17, 15) is 13.5 Å². The molecule has 0 amide bonds. The highest BCUT2D eigenvalue weighted by molar-refractivity contribution is 7.91. The molecule has 1 fully saturated rings. The minimum atomic E-state index is -3.96. The number of rotatable bonds is 6. The Morgan fingerprint density at radius 1 is 1.14 bits per heavy atom. The first-order valence-electron chi connectivity index (χ1n) is 12.2. The summed E-state index contributed by atoms with van der Waals surface area (Å²) in [6, 6.07) is 10.1. The fourth-order valence-corrected chi connectivity index (χ4v) is 6.50. The van der Waals surface area contributed by atoms with Crippen LogP contribution < -0.4 is 0 Å². The van der Waals surface area contributed by atoms with E-state index in [0.29, 0.717) is 35.2 Å². The Balaban J connectivity index is 1.45. The first-order valence-corrected chi connectivity index (χ1v) is 13.7. The maximum atomic E-state index is 13.7. The number of nitrogens with one attached hydrogen (secondary N) is 1. The van der Waals surface area contributed by atoms with Crippen LogP contribution in [0.3, 0.4) is 0 Å². The van der Waals surface area contributed by atoms with E-state index in [1.807, 2.05) is 10.6 Å². The summed E-state index contributed by atoms with van der Waals surface area (Å²) in [5.41, 5.74) is 1.41. The molecule has 5 heterocycles. The van der Waals surface area contributed by atoms with Crippen molar-refractivity contribution in [2.24, 2.45) is 0 Å². The number of aryl methyl sites for hydroxylation is 1. The molecule has 1 atom stereocenters. The number of imidazole rings is 1. The highest BCUT2D eigenvalue weighted by Crippen LogP contribution is 2.37. The average molecular weight is 522 g/mol. The second kappa shape index (κ2) is 9.05. The number of aromatic nitrogens is 6. The molecular weight excluding hydrogens is 494 g/mol. The number of aromatic amines is 1. The molecule has 1 aromatic carbocycles. The van der Waals surface area contributed by atoms with E-state index in [1.165, 1.54) is 0 Å². The molecule has 0 saturated carbocycles. The van der Waals surface area contributed by atoms with E-state index in [0.717, 1.165) is 31.3 Å². The van der Waals surface area contributed by atoms with Gasteiger partial charge in [0.05, 0.1) is 17.0 Å². The number of H-pyrrole nitrogens is 1.